The number of hydrogen-bond donors (Lipinski definition) is 2. The maximum atomic E-state index is 11.1. The Balaban J connectivity index is 2.25. The molecule has 21 heavy (non-hydrogen) atoms. The Kier molecular flexibility index (Phi) is 3.19. The van der Waals surface area contributed by atoms with E-state index in [-0.39, 0.29) is 11.5 Å². The van der Waals surface area contributed by atoms with Crippen LogP contribution in [0.1, 0.15) is 5.56 Å². The minimum Gasteiger partial charge on any atom is -0.368 e. The zero-order valence-corrected chi connectivity index (χ0v) is 11.4. The topological polar surface area (TPSA) is 97.5 Å². The van der Waals surface area contributed by atoms with Gasteiger partial charge in [0.2, 0.25) is 5.95 Å². The highest BCUT2D eigenvalue weighted by atomic mass is 16.1. The minimum atomic E-state index is -0.257. The lowest BCUT2D eigenvalue weighted by Crippen LogP contribution is -2.07. The van der Waals surface area contributed by atoms with Gasteiger partial charge in [-0.05, 0) is 18.6 Å². The Labute approximate surface area is 120 Å². The molecule has 1 aromatic carbocycles. The zero-order valence-electron chi connectivity index (χ0n) is 11.4. The molecule has 0 fully saturated rings. The first-order valence-electron chi connectivity index (χ1n) is 6.40. The van der Waals surface area contributed by atoms with E-state index in [1.807, 2.05) is 31.2 Å². The van der Waals surface area contributed by atoms with E-state index in [0.717, 1.165) is 16.7 Å². The number of hydrogen-bond acceptors (Lipinski definition) is 5. The molecule has 104 valence electrons. The number of nitrogen functional groups attached to an aromatic ring is 1. The summed E-state index contributed by atoms with van der Waals surface area (Å²) < 4.78 is 0. The predicted molar refractivity (Wildman–Crippen MR) is 80.5 cm³/mol. The molecule has 0 unspecified atom stereocenters. The van der Waals surface area contributed by atoms with Gasteiger partial charge >= 0.3 is 0 Å². The summed E-state index contributed by atoms with van der Waals surface area (Å²) in [5.41, 5.74) is 9.49. The van der Waals surface area contributed by atoms with E-state index in [9.17, 15) is 4.79 Å². The van der Waals surface area contributed by atoms with Crippen LogP contribution in [0.25, 0.3) is 22.5 Å². The summed E-state index contributed by atoms with van der Waals surface area (Å²) in [6.45, 7) is 2.00. The fourth-order valence-electron chi connectivity index (χ4n) is 2.12. The number of nitrogens with two attached hydrogens (primary N) is 1. The molecule has 0 bridgehead atoms. The second kappa shape index (κ2) is 5.16. The number of aromatic amines is 1. The van der Waals surface area contributed by atoms with Gasteiger partial charge in [0.25, 0.3) is 5.56 Å². The summed E-state index contributed by atoms with van der Waals surface area (Å²) in [7, 11) is 0. The first kappa shape index (κ1) is 13.0. The smallest absolute Gasteiger partial charge is 0.264 e. The van der Waals surface area contributed by atoms with Gasteiger partial charge in [-0.3, -0.25) is 4.79 Å². The van der Waals surface area contributed by atoms with Crippen molar-refractivity contribution in [2.24, 2.45) is 0 Å². The summed E-state index contributed by atoms with van der Waals surface area (Å²) in [5, 5.41) is 6.45. The van der Waals surface area contributed by atoms with E-state index in [1.165, 1.54) is 6.07 Å². The summed E-state index contributed by atoms with van der Waals surface area (Å²) in [6, 6.07) is 10.9. The van der Waals surface area contributed by atoms with Crippen molar-refractivity contribution in [2.75, 3.05) is 5.73 Å². The number of rotatable bonds is 2. The number of H-pyrrole nitrogens is 1. The van der Waals surface area contributed by atoms with Crippen molar-refractivity contribution in [3.8, 4) is 22.5 Å². The molecule has 6 heteroatoms. The van der Waals surface area contributed by atoms with E-state index in [4.69, 9.17) is 5.73 Å². The average molecular weight is 279 g/mol. The Morgan fingerprint density at radius 2 is 1.90 bits per heavy atom. The van der Waals surface area contributed by atoms with Gasteiger partial charge in [0.1, 0.15) is 0 Å². The van der Waals surface area contributed by atoms with Crippen molar-refractivity contribution < 1.29 is 0 Å². The van der Waals surface area contributed by atoms with E-state index >= 15 is 0 Å². The van der Waals surface area contributed by atoms with Gasteiger partial charge in [-0.25, -0.2) is 15.1 Å². The van der Waals surface area contributed by atoms with Crippen molar-refractivity contribution in [3.63, 3.8) is 0 Å². The lowest BCUT2D eigenvalue weighted by atomic mass is 10.0. The highest BCUT2D eigenvalue weighted by molar-refractivity contribution is 5.80. The zero-order chi connectivity index (χ0) is 14.8. The standard InChI is InChI=1S/C15H13N5O/c1-9-4-2-3-5-10(9)14-11(8-17-15(16)18-14)12-6-7-13(21)20-19-12/h2-8H,1H3,(H,20,21)(H2,16,17,18). The van der Waals surface area contributed by atoms with Crippen LogP contribution in [0.4, 0.5) is 5.95 Å². The van der Waals surface area contributed by atoms with Crippen LogP contribution in [0.3, 0.4) is 0 Å². The third-order valence-electron chi connectivity index (χ3n) is 3.16. The highest BCUT2D eigenvalue weighted by Crippen LogP contribution is 2.30. The molecule has 6 nitrogen and oxygen atoms in total. The van der Waals surface area contributed by atoms with Crippen molar-refractivity contribution in [3.05, 3.63) is 58.5 Å². The minimum absolute atomic E-state index is 0.196. The molecule has 0 spiro atoms. The lowest BCUT2D eigenvalue weighted by Gasteiger charge is -2.10. The van der Waals surface area contributed by atoms with Crippen molar-refractivity contribution in [1.29, 1.82) is 0 Å². The molecule has 2 heterocycles. The number of aromatic nitrogens is 4. The molecule has 3 rings (SSSR count). The van der Waals surface area contributed by atoms with E-state index in [0.29, 0.717) is 11.4 Å². The van der Waals surface area contributed by atoms with Gasteiger partial charge in [-0.1, -0.05) is 24.3 Å². The maximum absolute atomic E-state index is 11.1. The molecular formula is C15H13N5O. The maximum Gasteiger partial charge on any atom is 0.264 e. The molecule has 0 aliphatic rings. The van der Waals surface area contributed by atoms with Crippen molar-refractivity contribution in [2.45, 2.75) is 6.92 Å². The molecule has 3 N–H and O–H groups in total. The molecule has 0 saturated heterocycles. The van der Waals surface area contributed by atoms with E-state index in [1.54, 1.807) is 12.3 Å². The number of benzene rings is 1. The van der Waals surface area contributed by atoms with Gasteiger partial charge in [0.05, 0.1) is 11.4 Å². The average Bonchev–Trinajstić information content (AvgIpc) is 2.49. The quantitative estimate of drug-likeness (QED) is 0.745. The largest absolute Gasteiger partial charge is 0.368 e. The molecule has 0 aliphatic carbocycles. The fourth-order valence-corrected chi connectivity index (χ4v) is 2.12. The SMILES string of the molecule is Cc1ccccc1-c1nc(N)ncc1-c1ccc(=O)[nH]n1. The van der Waals surface area contributed by atoms with E-state index in [2.05, 4.69) is 20.2 Å². The fraction of sp³-hybridized carbons (Fsp3) is 0.0667. The predicted octanol–water partition coefficient (Wildman–Crippen LogP) is 1.78. The second-order valence-electron chi connectivity index (χ2n) is 4.61. The third-order valence-corrected chi connectivity index (χ3v) is 3.16. The number of nitrogens with zero attached hydrogens (tertiary/aromatic N) is 3. The van der Waals surface area contributed by atoms with Crippen LogP contribution in [0.5, 0.6) is 0 Å². The summed E-state index contributed by atoms with van der Waals surface area (Å²) in [6.07, 6.45) is 1.62. The van der Waals surface area contributed by atoms with Crippen LogP contribution in [-0.4, -0.2) is 20.2 Å². The number of aryl methyl sites for hydroxylation is 1. The van der Waals surface area contributed by atoms with Crippen LogP contribution in [0, 0.1) is 6.92 Å². The highest BCUT2D eigenvalue weighted by Gasteiger charge is 2.13. The first-order valence-corrected chi connectivity index (χ1v) is 6.40. The summed E-state index contributed by atoms with van der Waals surface area (Å²) >= 11 is 0. The normalized spacial score (nSPS) is 10.5. The van der Waals surface area contributed by atoms with Gasteiger partial charge in [-0.15, -0.1) is 0 Å². The first-order chi connectivity index (χ1) is 10.1. The van der Waals surface area contributed by atoms with Gasteiger partial charge in [0.15, 0.2) is 0 Å². The van der Waals surface area contributed by atoms with Crippen molar-refractivity contribution >= 4 is 5.95 Å². The molecule has 0 saturated carbocycles. The lowest BCUT2D eigenvalue weighted by molar-refractivity contribution is 0.992. The third kappa shape index (κ3) is 2.51. The molecule has 0 atom stereocenters. The molecule has 0 radical (unpaired) electrons. The van der Waals surface area contributed by atoms with Crippen LogP contribution < -0.4 is 11.3 Å². The molecule has 3 aromatic rings. The number of anilines is 1. The Morgan fingerprint density at radius 1 is 1.10 bits per heavy atom. The Morgan fingerprint density at radius 3 is 2.62 bits per heavy atom. The monoisotopic (exact) mass is 279 g/mol. The second-order valence-corrected chi connectivity index (χ2v) is 4.61. The molecule has 0 aliphatic heterocycles. The van der Waals surface area contributed by atoms with Crippen LogP contribution in [-0.2, 0) is 0 Å². The summed E-state index contributed by atoms with van der Waals surface area (Å²) in [4.78, 5) is 19.5. The van der Waals surface area contributed by atoms with Gasteiger partial charge in [0, 0.05) is 23.4 Å². The van der Waals surface area contributed by atoms with Gasteiger partial charge < -0.3 is 5.73 Å². The molecule has 2 aromatic heterocycles. The van der Waals surface area contributed by atoms with Crippen LogP contribution >= 0.6 is 0 Å². The van der Waals surface area contributed by atoms with Crippen LogP contribution in [0.15, 0.2) is 47.4 Å². The molecule has 0 amide bonds. The van der Waals surface area contributed by atoms with Gasteiger partial charge in [-0.2, -0.15) is 5.10 Å². The molecular weight excluding hydrogens is 266 g/mol. The van der Waals surface area contributed by atoms with Crippen molar-refractivity contribution in [1.82, 2.24) is 20.2 Å². The Hall–Kier alpha value is -3.02. The Bertz CT molecular complexity index is 836. The van der Waals surface area contributed by atoms with Crippen LogP contribution in [0.2, 0.25) is 0 Å². The van der Waals surface area contributed by atoms with E-state index < -0.39 is 0 Å². The number of nitrogens with one attached hydrogen (secondary N) is 1. The summed E-state index contributed by atoms with van der Waals surface area (Å²) in [5.74, 6) is 0.196.